The molecule has 15 atom stereocenters. The second-order valence-electron chi connectivity index (χ2n) is 23.6. The second-order valence-corrected chi connectivity index (χ2v) is 27.3. The Morgan fingerprint density at radius 2 is 0.758 bits per heavy atom. The molecule has 10 rings (SSSR count). The number of alkyl carbamates (subject to hydrolysis) is 1. The van der Waals surface area contributed by atoms with E-state index in [-0.39, 0.29) is 52.9 Å². The van der Waals surface area contributed by atoms with Crippen molar-refractivity contribution in [1.29, 1.82) is 0 Å². The maximum Gasteiger partial charge on any atom is 0.407 e. The van der Waals surface area contributed by atoms with Crippen molar-refractivity contribution in [3.63, 3.8) is 0 Å². The molecule has 3 aliphatic heterocycles. The van der Waals surface area contributed by atoms with Crippen LogP contribution in [0.5, 0.6) is 0 Å². The molecular weight excluding hydrogens is 1360 g/mol. The van der Waals surface area contributed by atoms with Crippen molar-refractivity contribution in [1.82, 2.24) is 5.32 Å². The highest BCUT2D eigenvalue weighted by molar-refractivity contribution is 7.99. The molecule has 0 spiro atoms. The molecule has 24 heteroatoms. The van der Waals surface area contributed by atoms with E-state index in [1.165, 1.54) is 18.7 Å². The lowest BCUT2D eigenvalue weighted by Crippen LogP contribution is -2.70. The number of carbonyl (C=O) groups excluding carboxylic acids is 4. The highest BCUT2D eigenvalue weighted by Gasteiger charge is 2.58. The van der Waals surface area contributed by atoms with Gasteiger partial charge < -0.3 is 76.4 Å². The van der Waals surface area contributed by atoms with E-state index in [1.54, 1.807) is 0 Å². The summed E-state index contributed by atoms with van der Waals surface area (Å²) in [4.78, 5) is 54.0. The van der Waals surface area contributed by atoms with Gasteiger partial charge in [0.1, 0.15) is 79.6 Å². The van der Waals surface area contributed by atoms with Gasteiger partial charge in [-0.2, -0.15) is 0 Å². The van der Waals surface area contributed by atoms with Crippen LogP contribution >= 0.6 is 46.6 Å². The molecule has 0 saturated carbocycles. The first-order chi connectivity index (χ1) is 48.1. The van der Waals surface area contributed by atoms with E-state index in [0.717, 1.165) is 52.1 Å². The Hall–Kier alpha value is -7.00. The molecule has 0 unspecified atom stereocenters. The number of hydrogen-bond acceptors (Lipinski definition) is 20. The molecule has 0 radical (unpaired) electrons. The molecule has 0 bridgehead atoms. The second kappa shape index (κ2) is 38.2. The standard InChI is InChI=1S/C75H80Cl3NO19S/c1-49(80)86-47-61-63(92-50(2)81)66(93-51(3)82)62(79-74(83)91-48-75(76,77)78)71(94-61)97-64-59(45-84-39-52-25-11-4-12-26-52)95-72(69(89-43-56-33-19-8-20-34-56)67(64)87-41-54-29-15-6-16-30-54)98-65-60(46-85-40-53-27-13-5-14-28-53)96-73(99-58-37-23-10-24-38-58)70(90-44-57-35-21-9-22-36-57)68(65)88-42-55-31-17-7-18-32-55/h4-38,59-73H,39-48H2,1-3H3,(H,79,83)/t59-,60-,61-,62-,63+,64+,65-,66-,67+,68+,69-,70-,71+,72+,73+/m1/s1. The van der Waals surface area contributed by atoms with Gasteiger partial charge in [-0.15, -0.1) is 0 Å². The minimum Gasteiger partial charge on any atom is -0.463 e. The molecule has 99 heavy (non-hydrogen) atoms. The molecule has 3 saturated heterocycles. The first kappa shape index (κ1) is 74.7. The SMILES string of the molecule is CC(=O)OC[C@H]1O[C@@H](O[C@@H]2[C@H](OCc3ccccc3)[C@@H](OCc3ccccc3)[C@H](O[C@H]3[C@H](OCc4ccccc4)[C@@H](OCc4ccccc4)[C@H](Sc4ccccc4)O[C@@H]3COCc3ccccc3)O[C@@H]2COCc2ccccc2)[C@H](NC(=O)OCC(Cl)(Cl)Cl)[C@@H](OC(C)=O)[C@H]1OC(C)=O. The summed E-state index contributed by atoms with van der Waals surface area (Å²) >= 11 is 19.7. The molecule has 7 aromatic carbocycles. The van der Waals surface area contributed by atoms with Crippen LogP contribution in [-0.2, 0) is 125 Å². The molecule has 1 amide bonds. The molecule has 0 aliphatic carbocycles. The predicted octanol–water partition coefficient (Wildman–Crippen LogP) is 12.4. The molecule has 526 valence electrons. The minimum atomic E-state index is -2.07. The summed E-state index contributed by atoms with van der Waals surface area (Å²) in [5, 5.41) is 2.67. The van der Waals surface area contributed by atoms with Crippen molar-refractivity contribution < 1.29 is 90.2 Å². The molecular formula is C75H80Cl3NO19S. The van der Waals surface area contributed by atoms with Crippen LogP contribution in [0.15, 0.2) is 217 Å². The van der Waals surface area contributed by atoms with Gasteiger partial charge in [-0.05, 0) is 45.5 Å². The number of rotatable bonds is 32. The number of alkyl halides is 3. The third-order valence-electron chi connectivity index (χ3n) is 16.0. The summed E-state index contributed by atoms with van der Waals surface area (Å²) in [5.74, 6) is -2.45. The van der Waals surface area contributed by atoms with Crippen LogP contribution < -0.4 is 5.32 Å². The summed E-state index contributed by atoms with van der Waals surface area (Å²) in [5.41, 5.74) is 4.30. The van der Waals surface area contributed by atoms with Crippen LogP contribution in [0.2, 0.25) is 0 Å². The fourth-order valence-electron chi connectivity index (χ4n) is 11.5. The summed E-state index contributed by atoms with van der Waals surface area (Å²) in [6, 6.07) is 65.9. The number of halogens is 3. The van der Waals surface area contributed by atoms with Gasteiger partial charge >= 0.3 is 24.0 Å². The van der Waals surface area contributed by atoms with E-state index in [1.807, 2.05) is 212 Å². The van der Waals surface area contributed by atoms with Crippen LogP contribution in [0.4, 0.5) is 4.79 Å². The topological polar surface area (TPSA) is 219 Å². The van der Waals surface area contributed by atoms with Crippen molar-refractivity contribution in [2.45, 2.75) is 160 Å². The van der Waals surface area contributed by atoms with E-state index in [0.29, 0.717) is 0 Å². The van der Waals surface area contributed by atoms with Crippen molar-refractivity contribution in [3.05, 3.63) is 246 Å². The fourth-order valence-corrected chi connectivity index (χ4v) is 12.8. The Balaban J connectivity index is 1.13. The smallest absolute Gasteiger partial charge is 0.407 e. The maximum atomic E-state index is 14.1. The third-order valence-corrected chi connectivity index (χ3v) is 17.5. The Morgan fingerprint density at radius 3 is 1.19 bits per heavy atom. The van der Waals surface area contributed by atoms with Gasteiger partial charge in [0, 0.05) is 25.7 Å². The first-order valence-corrected chi connectivity index (χ1v) is 34.4. The minimum absolute atomic E-state index is 0.0165. The highest BCUT2D eigenvalue weighted by Crippen LogP contribution is 2.42. The van der Waals surface area contributed by atoms with Crippen LogP contribution in [-0.4, -0.2) is 145 Å². The zero-order valence-corrected chi connectivity index (χ0v) is 57.8. The Morgan fingerprint density at radius 1 is 0.394 bits per heavy atom. The van der Waals surface area contributed by atoms with E-state index in [2.05, 4.69) is 5.32 Å². The third kappa shape index (κ3) is 23.3. The number of ether oxygens (including phenoxy) is 15. The molecule has 20 nitrogen and oxygen atoms in total. The van der Waals surface area contributed by atoms with E-state index in [9.17, 15) is 19.2 Å². The van der Waals surface area contributed by atoms with Gasteiger partial charge in [-0.25, -0.2) is 4.79 Å². The van der Waals surface area contributed by atoms with Gasteiger partial charge in [-0.1, -0.05) is 247 Å². The lowest BCUT2D eigenvalue weighted by atomic mass is 9.94. The van der Waals surface area contributed by atoms with Gasteiger partial charge in [0.2, 0.25) is 3.79 Å². The van der Waals surface area contributed by atoms with Crippen molar-refractivity contribution >= 4 is 70.6 Å². The van der Waals surface area contributed by atoms with Crippen LogP contribution in [0.1, 0.15) is 54.2 Å². The number of nitrogens with one attached hydrogen (secondary N) is 1. The number of esters is 3. The Bertz CT molecular complexity index is 3550. The average Bonchev–Trinajstić information content (AvgIpc) is 0.767. The van der Waals surface area contributed by atoms with Crippen molar-refractivity contribution in [2.24, 2.45) is 0 Å². The summed E-state index contributed by atoms with van der Waals surface area (Å²) in [6.45, 7) is 2.31. The molecule has 7 aromatic rings. The zero-order valence-electron chi connectivity index (χ0n) is 54.7. The van der Waals surface area contributed by atoms with Crippen molar-refractivity contribution in [3.8, 4) is 0 Å². The summed E-state index contributed by atoms with van der Waals surface area (Å²) in [6.07, 6.45) is -18.2. The van der Waals surface area contributed by atoms with Crippen LogP contribution in [0, 0.1) is 0 Å². The first-order valence-electron chi connectivity index (χ1n) is 32.4. The average molecular weight is 1440 g/mol. The van der Waals surface area contributed by atoms with Gasteiger partial charge in [0.25, 0.3) is 0 Å². The van der Waals surface area contributed by atoms with Gasteiger partial charge in [0.15, 0.2) is 24.8 Å². The van der Waals surface area contributed by atoms with E-state index in [4.69, 9.17) is 106 Å². The Labute approximate surface area is 595 Å². The number of thioether (sulfide) groups is 1. The van der Waals surface area contributed by atoms with E-state index >= 15 is 0 Å². The van der Waals surface area contributed by atoms with Crippen LogP contribution in [0.25, 0.3) is 0 Å². The zero-order chi connectivity index (χ0) is 69.4. The maximum absolute atomic E-state index is 14.1. The Kier molecular flexibility index (Phi) is 28.8. The predicted molar refractivity (Wildman–Crippen MR) is 367 cm³/mol. The van der Waals surface area contributed by atoms with Crippen LogP contribution in [0.3, 0.4) is 0 Å². The largest absolute Gasteiger partial charge is 0.463 e. The number of hydrogen-bond donors (Lipinski definition) is 1. The van der Waals surface area contributed by atoms with Gasteiger partial charge in [-0.3, -0.25) is 14.4 Å². The molecule has 1 N–H and O–H groups in total. The van der Waals surface area contributed by atoms with Crippen molar-refractivity contribution in [2.75, 3.05) is 26.4 Å². The highest BCUT2D eigenvalue weighted by atomic mass is 35.6. The number of benzene rings is 7. The molecule has 0 aromatic heterocycles. The quantitative estimate of drug-likeness (QED) is 0.0235. The fraction of sp³-hybridized carbons (Fsp3) is 0.387. The lowest BCUT2D eigenvalue weighted by Gasteiger charge is -2.51. The monoisotopic (exact) mass is 1440 g/mol. The summed E-state index contributed by atoms with van der Waals surface area (Å²) < 4.78 is 99.4. The number of amides is 1. The molecule has 3 heterocycles. The normalized spacial score (nSPS) is 25.4. The van der Waals surface area contributed by atoms with E-state index < -0.39 is 132 Å². The summed E-state index contributed by atoms with van der Waals surface area (Å²) in [7, 11) is 0. The van der Waals surface area contributed by atoms with Gasteiger partial charge in [0.05, 0.1) is 52.9 Å². The number of carbonyl (C=O) groups is 4. The molecule has 3 fully saturated rings. The molecule has 3 aliphatic rings. The lowest BCUT2D eigenvalue weighted by molar-refractivity contribution is -0.377.